The summed E-state index contributed by atoms with van der Waals surface area (Å²) in [6.45, 7) is 22.2. The van der Waals surface area contributed by atoms with Gasteiger partial charge in [0.2, 0.25) is 0 Å². The van der Waals surface area contributed by atoms with Gasteiger partial charge in [0.25, 0.3) is 0 Å². The quantitative estimate of drug-likeness (QED) is 0.334. The lowest BCUT2D eigenvalue weighted by Crippen LogP contribution is -2.13. The molecule has 0 saturated carbocycles. The van der Waals surface area contributed by atoms with Crippen molar-refractivity contribution in [3.05, 3.63) is 103 Å². The van der Waals surface area contributed by atoms with E-state index < -0.39 is 0 Å². The van der Waals surface area contributed by atoms with E-state index in [4.69, 9.17) is 0 Å². The monoisotopic (exact) mass is 364 g/mol. The summed E-state index contributed by atoms with van der Waals surface area (Å²) in [5.41, 5.74) is 5.86. The van der Waals surface area contributed by atoms with E-state index in [1.807, 2.05) is 32.1 Å². The number of aliphatic hydroxyl groups excluding tert-OH is 1. The first-order valence-electron chi connectivity index (χ1n) is 9.16. The molecule has 1 unspecified atom stereocenters. The van der Waals surface area contributed by atoms with Gasteiger partial charge in [0.1, 0.15) is 0 Å². The Morgan fingerprint density at radius 3 is 2.30 bits per heavy atom. The second-order valence-corrected chi connectivity index (χ2v) is 6.48. The number of aliphatic hydroxyl groups is 1. The largest absolute Gasteiger partial charge is 0.512 e. The molecule has 0 aliphatic heterocycles. The predicted octanol–water partition coefficient (Wildman–Crippen LogP) is 5.98. The smallest absolute Gasteiger partial charge is 0.0916 e. The van der Waals surface area contributed by atoms with Crippen LogP contribution < -0.4 is 10.6 Å². The molecule has 0 amide bonds. The lowest BCUT2D eigenvalue weighted by atomic mass is 10.1. The van der Waals surface area contributed by atoms with Crippen molar-refractivity contribution in [1.29, 1.82) is 0 Å². The SMILES string of the molecule is C=C(CC)NC(=CC)c1ccc(CNC(=C)C(=C)C=CC(C)C(=C)O)cc1. The van der Waals surface area contributed by atoms with E-state index in [1.54, 1.807) is 0 Å². The van der Waals surface area contributed by atoms with Crippen LogP contribution in [0.2, 0.25) is 0 Å². The second kappa shape index (κ2) is 10.9. The summed E-state index contributed by atoms with van der Waals surface area (Å²) < 4.78 is 0. The average Bonchev–Trinajstić information content (AvgIpc) is 2.68. The average molecular weight is 365 g/mol. The molecular formula is C24H32N2O. The lowest BCUT2D eigenvalue weighted by Gasteiger charge is -2.14. The van der Waals surface area contributed by atoms with Crippen molar-refractivity contribution < 1.29 is 5.11 Å². The summed E-state index contributed by atoms with van der Waals surface area (Å²) in [6, 6.07) is 8.36. The third-order valence-corrected chi connectivity index (χ3v) is 4.30. The van der Waals surface area contributed by atoms with Crippen molar-refractivity contribution in [3.8, 4) is 0 Å². The van der Waals surface area contributed by atoms with Crippen LogP contribution in [-0.4, -0.2) is 5.11 Å². The predicted molar refractivity (Wildman–Crippen MR) is 118 cm³/mol. The van der Waals surface area contributed by atoms with E-state index in [0.717, 1.165) is 40.2 Å². The van der Waals surface area contributed by atoms with Gasteiger partial charge in [-0.3, -0.25) is 0 Å². The molecule has 1 aromatic rings. The first-order chi connectivity index (χ1) is 12.8. The van der Waals surface area contributed by atoms with Crippen LogP contribution in [0.5, 0.6) is 0 Å². The number of hydrogen-bond acceptors (Lipinski definition) is 3. The Kier molecular flexibility index (Phi) is 8.94. The third-order valence-electron chi connectivity index (χ3n) is 4.30. The van der Waals surface area contributed by atoms with E-state index in [0.29, 0.717) is 6.54 Å². The highest BCUT2D eigenvalue weighted by atomic mass is 16.3. The molecule has 3 N–H and O–H groups in total. The molecule has 0 saturated heterocycles. The number of rotatable bonds is 11. The topological polar surface area (TPSA) is 44.3 Å². The Morgan fingerprint density at radius 2 is 1.78 bits per heavy atom. The molecule has 0 spiro atoms. The highest BCUT2D eigenvalue weighted by Gasteiger charge is 2.04. The van der Waals surface area contributed by atoms with Crippen molar-refractivity contribution in [2.75, 3.05) is 0 Å². The lowest BCUT2D eigenvalue weighted by molar-refractivity contribution is 0.368. The fourth-order valence-corrected chi connectivity index (χ4v) is 2.19. The fourth-order valence-electron chi connectivity index (χ4n) is 2.19. The van der Waals surface area contributed by atoms with Crippen molar-refractivity contribution in [3.63, 3.8) is 0 Å². The van der Waals surface area contributed by atoms with Crippen LogP contribution in [0.25, 0.3) is 5.70 Å². The highest BCUT2D eigenvalue weighted by molar-refractivity contribution is 5.65. The van der Waals surface area contributed by atoms with E-state index in [-0.39, 0.29) is 11.7 Å². The summed E-state index contributed by atoms with van der Waals surface area (Å²) in [5, 5.41) is 16.0. The van der Waals surface area contributed by atoms with Crippen molar-refractivity contribution in [1.82, 2.24) is 10.6 Å². The zero-order valence-corrected chi connectivity index (χ0v) is 16.8. The normalized spacial score (nSPS) is 12.5. The van der Waals surface area contributed by atoms with Crippen molar-refractivity contribution in [2.45, 2.75) is 33.7 Å². The Labute approximate surface area is 164 Å². The van der Waals surface area contributed by atoms with Crippen LogP contribution in [0.4, 0.5) is 0 Å². The minimum Gasteiger partial charge on any atom is -0.512 e. The van der Waals surface area contributed by atoms with Gasteiger partial charge in [-0.25, -0.2) is 0 Å². The van der Waals surface area contributed by atoms with Gasteiger partial charge < -0.3 is 15.7 Å². The van der Waals surface area contributed by atoms with Crippen LogP contribution in [-0.2, 0) is 6.54 Å². The first-order valence-corrected chi connectivity index (χ1v) is 9.16. The van der Waals surface area contributed by atoms with E-state index in [2.05, 4.69) is 68.1 Å². The van der Waals surface area contributed by atoms with E-state index in [1.165, 1.54) is 0 Å². The third kappa shape index (κ3) is 7.45. The maximum absolute atomic E-state index is 9.34. The first kappa shape index (κ1) is 22.1. The molecule has 27 heavy (non-hydrogen) atoms. The van der Waals surface area contributed by atoms with E-state index in [9.17, 15) is 5.11 Å². The molecule has 1 rings (SSSR count). The van der Waals surface area contributed by atoms with Crippen molar-refractivity contribution >= 4 is 5.70 Å². The second-order valence-electron chi connectivity index (χ2n) is 6.48. The van der Waals surface area contributed by atoms with Crippen molar-refractivity contribution in [2.24, 2.45) is 5.92 Å². The number of benzene rings is 1. The molecule has 3 nitrogen and oxygen atoms in total. The Bertz CT molecular complexity index is 751. The standard InChI is InChI=1S/C24H32N2O/c1-8-19(5)26-24(9-2)23-14-12-22(13-15-23)16-25-20(6)17(3)10-11-18(4)21(7)27/h9-15,18,25-27H,3,5-8,16H2,1-2,4H3. The molecule has 0 radical (unpaired) electrons. The molecule has 144 valence electrons. The molecule has 0 fully saturated rings. The van der Waals surface area contributed by atoms with Crippen LogP contribution in [0, 0.1) is 5.92 Å². The van der Waals surface area contributed by atoms with Gasteiger partial charge in [0.15, 0.2) is 0 Å². The Morgan fingerprint density at radius 1 is 1.15 bits per heavy atom. The molecule has 0 aliphatic carbocycles. The molecule has 0 bridgehead atoms. The van der Waals surface area contributed by atoms with Crippen LogP contribution >= 0.6 is 0 Å². The van der Waals surface area contributed by atoms with Gasteiger partial charge in [-0.15, -0.1) is 0 Å². The molecule has 0 aromatic heterocycles. The zero-order chi connectivity index (χ0) is 20.4. The summed E-state index contributed by atoms with van der Waals surface area (Å²) in [6.07, 6.45) is 6.64. The summed E-state index contributed by atoms with van der Waals surface area (Å²) in [5.74, 6) is 0.0236. The number of nitrogens with one attached hydrogen (secondary N) is 2. The molecule has 1 atom stereocenters. The van der Waals surface area contributed by atoms with Crippen LogP contribution in [0.3, 0.4) is 0 Å². The Balaban J connectivity index is 2.63. The van der Waals surface area contributed by atoms with Gasteiger partial charge >= 0.3 is 0 Å². The zero-order valence-electron chi connectivity index (χ0n) is 16.8. The summed E-state index contributed by atoms with van der Waals surface area (Å²) in [7, 11) is 0. The molecule has 0 aliphatic rings. The highest BCUT2D eigenvalue weighted by Crippen LogP contribution is 2.16. The number of hydrogen-bond donors (Lipinski definition) is 3. The Hall–Kier alpha value is -2.94. The molecule has 3 heteroatoms. The minimum absolute atomic E-state index is 0.111. The summed E-state index contributed by atoms with van der Waals surface area (Å²) >= 11 is 0. The fraction of sp³-hybridized carbons (Fsp3) is 0.250. The van der Waals surface area contributed by atoms with E-state index >= 15 is 0 Å². The maximum Gasteiger partial charge on any atom is 0.0916 e. The van der Waals surface area contributed by atoms with Gasteiger partial charge in [-0.1, -0.05) is 82.7 Å². The molecular weight excluding hydrogens is 332 g/mol. The van der Waals surface area contributed by atoms with Gasteiger partial charge in [0, 0.05) is 29.6 Å². The maximum atomic E-state index is 9.34. The molecule has 0 heterocycles. The van der Waals surface area contributed by atoms with Crippen LogP contribution in [0.15, 0.2) is 91.5 Å². The van der Waals surface area contributed by atoms with Crippen LogP contribution in [0.1, 0.15) is 38.3 Å². The molecule has 1 aromatic carbocycles. The number of allylic oxidation sites excluding steroid dienone is 4. The minimum atomic E-state index is -0.111. The van der Waals surface area contributed by atoms with Gasteiger partial charge in [0.05, 0.1) is 5.76 Å². The van der Waals surface area contributed by atoms with Gasteiger partial charge in [-0.2, -0.15) is 0 Å². The summed E-state index contributed by atoms with van der Waals surface area (Å²) in [4.78, 5) is 0. The van der Waals surface area contributed by atoms with Gasteiger partial charge in [-0.05, 0) is 30.0 Å².